The van der Waals surface area contributed by atoms with E-state index in [4.69, 9.17) is 0 Å². The number of nitrogens with zero attached hydrogens (tertiary/aromatic N) is 2. The van der Waals surface area contributed by atoms with Crippen LogP contribution in [0.5, 0.6) is 0 Å². The fourth-order valence-corrected chi connectivity index (χ4v) is 3.28. The Labute approximate surface area is 125 Å². The first-order valence-electron chi connectivity index (χ1n) is 7.65. The van der Waals surface area contributed by atoms with Gasteiger partial charge in [0.25, 0.3) is 0 Å². The molecule has 3 rings (SSSR count). The summed E-state index contributed by atoms with van der Waals surface area (Å²) >= 11 is 0. The zero-order valence-electron chi connectivity index (χ0n) is 12.8. The number of hydrogen-bond donors (Lipinski definition) is 2. The number of hydrogen-bond acceptors (Lipinski definition) is 3. The van der Waals surface area contributed by atoms with E-state index in [1.807, 2.05) is 29.9 Å². The molecule has 0 fully saturated rings. The standard InChI is InChI=1S/C17H23N3O/c1-3-16-14(11-20(2)19-16)10-18-12-17(21)9-8-13-6-4-5-7-15(13)17/h4-7,11,18,21H,3,8-10,12H2,1-2H3. The molecule has 1 aromatic carbocycles. The minimum Gasteiger partial charge on any atom is -0.384 e. The van der Waals surface area contributed by atoms with E-state index < -0.39 is 5.60 Å². The fraction of sp³-hybridized carbons (Fsp3) is 0.471. The van der Waals surface area contributed by atoms with Crippen molar-refractivity contribution in [3.63, 3.8) is 0 Å². The van der Waals surface area contributed by atoms with Gasteiger partial charge in [-0.2, -0.15) is 5.10 Å². The highest BCUT2D eigenvalue weighted by molar-refractivity contribution is 5.37. The summed E-state index contributed by atoms with van der Waals surface area (Å²) in [6.45, 7) is 3.45. The topological polar surface area (TPSA) is 50.1 Å². The molecule has 1 unspecified atom stereocenters. The van der Waals surface area contributed by atoms with Gasteiger partial charge < -0.3 is 10.4 Å². The summed E-state index contributed by atoms with van der Waals surface area (Å²) < 4.78 is 1.86. The quantitative estimate of drug-likeness (QED) is 0.882. The van der Waals surface area contributed by atoms with Crippen LogP contribution in [0.2, 0.25) is 0 Å². The number of nitrogens with one attached hydrogen (secondary N) is 1. The minimum atomic E-state index is -0.731. The molecular weight excluding hydrogens is 262 g/mol. The first-order valence-corrected chi connectivity index (χ1v) is 7.65. The van der Waals surface area contributed by atoms with Crippen molar-refractivity contribution in [3.8, 4) is 0 Å². The molecular formula is C17H23N3O. The lowest BCUT2D eigenvalue weighted by Crippen LogP contribution is -2.36. The Morgan fingerprint density at radius 2 is 2.19 bits per heavy atom. The van der Waals surface area contributed by atoms with Gasteiger partial charge in [-0.3, -0.25) is 4.68 Å². The van der Waals surface area contributed by atoms with Crippen molar-refractivity contribution in [2.24, 2.45) is 7.05 Å². The number of rotatable bonds is 5. The third-order valence-electron chi connectivity index (χ3n) is 4.39. The van der Waals surface area contributed by atoms with Crippen LogP contribution >= 0.6 is 0 Å². The molecule has 1 aliphatic carbocycles. The second kappa shape index (κ2) is 5.62. The second-order valence-electron chi connectivity index (χ2n) is 5.92. The van der Waals surface area contributed by atoms with E-state index in [-0.39, 0.29) is 0 Å². The van der Waals surface area contributed by atoms with Crippen LogP contribution in [0.4, 0.5) is 0 Å². The monoisotopic (exact) mass is 285 g/mol. The molecule has 0 spiro atoms. The van der Waals surface area contributed by atoms with Gasteiger partial charge in [0.15, 0.2) is 0 Å². The molecule has 0 saturated carbocycles. The second-order valence-corrected chi connectivity index (χ2v) is 5.92. The van der Waals surface area contributed by atoms with Crippen LogP contribution in [-0.4, -0.2) is 21.4 Å². The van der Waals surface area contributed by atoms with Gasteiger partial charge in [0.1, 0.15) is 5.60 Å². The average molecular weight is 285 g/mol. The van der Waals surface area contributed by atoms with Gasteiger partial charge >= 0.3 is 0 Å². The molecule has 112 valence electrons. The van der Waals surface area contributed by atoms with Gasteiger partial charge in [-0.15, -0.1) is 0 Å². The predicted octanol–water partition coefficient (Wildman–Crippen LogP) is 1.91. The normalized spacial score (nSPS) is 20.7. The van der Waals surface area contributed by atoms with Crippen molar-refractivity contribution >= 4 is 0 Å². The maximum absolute atomic E-state index is 10.9. The van der Waals surface area contributed by atoms with Gasteiger partial charge in [0.2, 0.25) is 0 Å². The van der Waals surface area contributed by atoms with Crippen LogP contribution in [0.25, 0.3) is 0 Å². The van der Waals surface area contributed by atoms with Gasteiger partial charge in [0, 0.05) is 31.9 Å². The third kappa shape index (κ3) is 2.74. The minimum absolute atomic E-state index is 0.585. The first-order chi connectivity index (χ1) is 10.1. The summed E-state index contributed by atoms with van der Waals surface area (Å²) in [4.78, 5) is 0. The Morgan fingerprint density at radius 3 is 3.00 bits per heavy atom. The molecule has 0 amide bonds. The first kappa shape index (κ1) is 14.3. The maximum Gasteiger partial charge on any atom is 0.103 e. The molecule has 0 radical (unpaired) electrons. The van der Waals surface area contributed by atoms with E-state index in [0.717, 1.165) is 37.1 Å². The lowest BCUT2D eigenvalue weighted by molar-refractivity contribution is 0.0384. The van der Waals surface area contributed by atoms with E-state index in [9.17, 15) is 5.11 Å². The molecule has 2 N–H and O–H groups in total. The smallest absolute Gasteiger partial charge is 0.103 e. The molecule has 0 aliphatic heterocycles. The SMILES string of the molecule is CCc1nn(C)cc1CNCC1(O)CCc2ccccc21. The molecule has 1 heterocycles. The zero-order chi connectivity index (χ0) is 14.9. The Bertz CT molecular complexity index is 635. The third-order valence-corrected chi connectivity index (χ3v) is 4.39. The van der Waals surface area contributed by atoms with E-state index in [1.54, 1.807) is 0 Å². The number of benzene rings is 1. The largest absolute Gasteiger partial charge is 0.384 e. The Morgan fingerprint density at radius 1 is 1.38 bits per heavy atom. The van der Waals surface area contributed by atoms with E-state index >= 15 is 0 Å². The lowest BCUT2D eigenvalue weighted by atomic mass is 9.96. The van der Waals surface area contributed by atoms with Gasteiger partial charge in [0.05, 0.1) is 5.69 Å². The summed E-state index contributed by atoms with van der Waals surface area (Å²) in [5.74, 6) is 0. The Hall–Kier alpha value is -1.65. The summed E-state index contributed by atoms with van der Waals surface area (Å²) in [7, 11) is 1.95. The van der Waals surface area contributed by atoms with Gasteiger partial charge in [-0.05, 0) is 30.4 Å². The molecule has 4 nitrogen and oxygen atoms in total. The number of aromatic nitrogens is 2. The van der Waals surface area contributed by atoms with E-state index in [2.05, 4.69) is 29.6 Å². The van der Waals surface area contributed by atoms with E-state index in [0.29, 0.717) is 6.54 Å². The van der Waals surface area contributed by atoms with Crippen LogP contribution in [0.15, 0.2) is 30.5 Å². The number of fused-ring (bicyclic) bond motifs is 1. The molecule has 0 bridgehead atoms. The molecule has 2 aromatic rings. The van der Waals surface area contributed by atoms with E-state index in [1.165, 1.54) is 11.1 Å². The molecule has 21 heavy (non-hydrogen) atoms. The molecule has 1 aromatic heterocycles. The van der Waals surface area contributed by atoms with Crippen molar-refractivity contribution < 1.29 is 5.11 Å². The summed E-state index contributed by atoms with van der Waals surface area (Å²) in [5, 5.41) is 18.7. The number of aliphatic hydroxyl groups is 1. The predicted molar refractivity (Wildman–Crippen MR) is 83.0 cm³/mol. The summed E-state index contributed by atoms with van der Waals surface area (Å²) in [6, 6.07) is 8.21. The summed E-state index contributed by atoms with van der Waals surface area (Å²) in [6.07, 6.45) is 4.75. The molecule has 0 saturated heterocycles. The number of aryl methyl sites for hydroxylation is 3. The highest BCUT2D eigenvalue weighted by atomic mass is 16.3. The lowest BCUT2D eigenvalue weighted by Gasteiger charge is -2.24. The maximum atomic E-state index is 10.9. The van der Waals surface area contributed by atoms with Crippen LogP contribution in [0.3, 0.4) is 0 Å². The van der Waals surface area contributed by atoms with Crippen LogP contribution in [0.1, 0.15) is 35.7 Å². The van der Waals surface area contributed by atoms with Gasteiger partial charge in [-0.1, -0.05) is 31.2 Å². The zero-order valence-corrected chi connectivity index (χ0v) is 12.8. The van der Waals surface area contributed by atoms with Crippen molar-refractivity contribution in [3.05, 3.63) is 52.8 Å². The Balaban J connectivity index is 1.66. The Kier molecular flexibility index (Phi) is 3.83. The van der Waals surface area contributed by atoms with Crippen molar-refractivity contribution in [1.29, 1.82) is 0 Å². The van der Waals surface area contributed by atoms with Crippen molar-refractivity contribution in [1.82, 2.24) is 15.1 Å². The van der Waals surface area contributed by atoms with Crippen LogP contribution in [-0.2, 0) is 32.0 Å². The highest BCUT2D eigenvalue weighted by Crippen LogP contribution is 2.36. The van der Waals surface area contributed by atoms with Crippen molar-refractivity contribution in [2.75, 3.05) is 6.54 Å². The molecule has 1 aliphatic rings. The van der Waals surface area contributed by atoms with Crippen LogP contribution < -0.4 is 5.32 Å². The van der Waals surface area contributed by atoms with Crippen molar-refractivity contribution in [2.45, 2.75) is 38.3 Å². The molecule has 4 heteroatoms. The summed E-state index contributed by atoms with van der Waals surface area (Å²) in [5.41, 5.74) is 3.97. The van der Waals surface area contributed by atoms with Gasteiger partial charge in [-0.25, -0.2) is 0 Å². The highest BCUT2D eigenvalue weighted by Gasteiger charge is 2.35. The fourth-order valence-electron chi connectivity index (χ4n) is 3.28. The average Bonchev–Trinajstić information content (AvgIpc) is 3.01. The molecule has 1 atom stereocenters. The van der Waals surface area contributed by atoms with Crippen LogP contribution in [0, 0.1) is 0 Å².